The average Bonchev–Trinajstić information content (AvgIpc) is 3.33. The summed E-state index contributed by atoms with van der Waals surface area (Å²) in [5, 5.41) is 14.3. The summed E-state index contributed by atoms with van der Waals surface area (Å²) in [5.74, 6) is 3.97. The first-order valence-corrected chi connectivity index (χ1v) is 10.9. The summed E-state index contributed by atoms with van der Waals surface area (Å²) in [5.41, 5.74) is 3.50. The minimum atomic E-state index is 0.414. The molecule has 7 heteroatoms. The van der Waals surface area contributed by atoms with Gasteiger partial charge in [0.2, 0.25) is 0 Å². The lowest BCUT2D eigenvalue weighted by molar-refractivity contribution is 0.315. The van der Waals surface area contributed by atoms with Crippen LogP contribution in [0.1, 0.15) is 73.1 Å². The van der Waals surface area contributed by atoms with Crippen LogP contribution in [-0.4, -0.2) is 31.9 Å². The van der Waals surface area contributed by atoms with Gasteiger partial charge in [-0.3, -0.25) is 9.47 Å². The predicted octanol–water partition coefficient (Wildman–Crippen LogP) is 4.86. The van der Waals surface area contributed by atoms with Gasteiger partial charge in [0.25, 0.3) is 0 Å². The highest BCUT2D eigenvalue weighted by Gasteiger charge is 2.31. The first-order chi connectivity index (χ1) is 14.1. The summed E-state index contributed by atoms with van der Waals surface area (Å²) < 4.78 is 7.70. The maximum absolute atomic E-state index is 6.28. The second-order valence-corrected chi connectivity index (χ2v) is 8.81. The number of nitrogens with zero attached hydrogens (tertiary/aromatic N) is 5. The largest absolute Gasteiger partial charge is 0.361 e. The highest BCUT2D eigenvalue weighted by Crippen LogP contribution is 2.41. The zero-order chi connectivity index (χ0) is 20.0. The number of aromatic nitrogens is 4. The molecule has 0 radical (unpaired) electrons. The molecule has 3 heterocycles. The predicted molar refractivity (Wildman–Crippen MR) is 111 cm³/mol. The Labute approximate surface area is 175 Å². The van der Waals surface area contributed by atoms with Crippen molar-refractivity contribution < 1.29 is 4.52 Å². The lowest BCUT2D eigenvalue weighted by Gasteiger charge is -2.27. The SMILES string of the molecule is CCc1cc(C2CCC(c3nnc4n3-c3ccc(Cl)cc3CN(C)C4)CC2)no1. The molecule has 152 valence electrons. The molecule has 5 rings (SSSR count). The molecule has 0 saturated heterocycles. The number of fused-ring (bicyclic) bond motifs is 3. The highest BCUT2D eigenvalue weighted by molar-refractivity contribution is 6.30. The Balaban J connectivity index is 1.42. The smallest absolute Gasteiger partial charge is 0.151 e. The summed E-state index contributed by atoms with van der Waals surface area (Å²) in [6.45, 7) is 3.74. The summed E-state index contributed by atoms with van der Waals surface area (Å²) in [6, 6.07) is 8.27. The van der Waals surface area contributed by atoms with E-state index < -0.39 is 0 Å². The van der Waals surface area contributed by atoms with Crippen LogP contribution in [0.25, 0.3) is 5.69 Å². The van der Waals surface area contributed by atoms with Crippen LogP contribution in [0.2, 0.25) is 5.02 Å². The minimum Gasteiger partial charge on any atom is -0.361 e. The van der Waals surface area contributed by atoms with E-state index in [1.807, 2.05) is 6.07 Å². The van der Waals surface area contributed by atoms with Crippen LogP contribution in [0.5, 0.6) is 0 Å². The first kappa shape index (κ1) is 18.8. The third-order valence-corrected chi connectivity index (χ3v) is 6.56. The minimum absolute atomic E-state index is 0.414. The quantitative estimate of drug-likeness (QED) is 0.616. The molecule has 1 saturated carbocycles. The van der Waals surface area contributed by atoms with Crippen molar-refractivity contribution in [3.05, 3.63) is 58.0 Å². The zero-order valence-corrected chi connectivity index (χ0v) is 17.7. The number of halogens is 1. The van der Waals surface area contributed by atoms with Crippen molar-refractivity contribution in [1.82, 2.24) is 24.8 Å². The first-order valence-electron chi connectivity index (χ1n) is 10.5. The molecule has 0 unspecified atom stereocenters. The molecule has 2 aliphatic rings. The van der Waals surface area contributed by atoms with E-state index in [-0.39, 0.29) is 0 Å². The van der Waals surface area contributed by atoms with E-state index in [9.17, 15) is 0 Å². The Morgan fingerprint density at radius 3 is 2.62 bits per heavy atom. The highest BCUT2D eigenvalue weighted by atomic mass is 35.5. The van der Waals surface area contributed by atoms with E-state index in [0.29, 0.717) is 11.8 Å². The Morgan fingerprint density at radius 1 is 1.07 bits per heavy atom. The van der Waals surface area contributed by atoms with Gasteiger partial charge in [-0.1, -0.05) is 23.7 Å². The van der Waals surface area contributed by atoms with Gasteiger partial charge in [0.05, 0.1) is 17.9 Å². The summed E-state index contributed by atoms with van der Waals surface area (Å²) in [6.07, 6.45) is 5.30. The molecule has 1 aromatic carbocycles. The van der Waals surface area contributed by atoms with Gasteiger partial charge in [-0.15, -0.1) is 10.2 Å². The van der Waals surface area contributed by atoms with E-state index in [0.717, 1.165) is 73.3 Å². The monoisotopic (exact) mass is 411 g/mol. The summed E-state index contributed by atoms with van der Waals surface area (Å²) in [4.78, 5) is 2.26. The fourth-order valence-corrected chi connectivity index (χ4v) is 4.98. The van der Waals surface area contributed by atoms with Gasteiger partial charge in [0.1, 0.15) is 11.6 Å². The standard InChI is InChI=1S/C22H26ClN5O/c1-3-18-11-19(26-29-18)14-4-6-15(7-5-14)22-25-24-21-13-27(2)12-16-10-17(23)8-9-20(16)28(21)22/h8-11,14-15H,3-7,12-13H2,1-2H3. The van der Waals surface area contributed by atoms with Crippen molar-refractivity contribution in [3.63, 3.8) is 0 Å². The van der Waals surface area contributed by atoms with E-state index in [1.165, 1.54) is 11.3 Å². The number of rotatable bonds is 3. The van der Waals surface area contributed by atoms with Crippen molar-refractivity contribution in [3.8, 4) is 5.69 Å². The van der Waals surface area contributed by atoms with E-state index in [2.05, 4.69) is 57.0 Å². The lowest BCUT2D eigenvalue weighted by atomic mass is 9.80. The molecule has 1 fully saturated rings. The van der Waals surface area contributed by atoms with Crippen molar-refractivity contribution in [2.75, 3.05) is 7.05 Å². The summed E-state index contributed by atoms with van der Waals surface area (Å²) in [7, 11) is 2.11. The molecule has 1 aliphatic heterocycles. The lowest BCUT2D eigenvalue weighted by Crippen LogP contribution is -2.17. The fourth-order valence-electron chi connectivity index (χ4n) is 4.78. The molecule has 0 N–H and O–H groups in total. The van der Waals surface area contributed by atoms with Crippen molar-refractivity contribution in [1.29, 1.82) is 0 Å². The van der Waals surface area contributed by atoms with Gasteiger partial charge in [-0.2, -0.15) is 0 Å². The molecule has 1 aliphatic carbocycles. The van der Waals surface area contributed by atoms with Gasteiger partial charge in [0, 0.05) is 35.9 Å². The molecule has 0 atom stereocenters. The van der Waals surface area contributed by atoms with Gasteiger partial charge in [-0.05, 0) is 56.5 Å². The van der Waals surface area contributed by atoms with Crippen molar-refractivity contribution in [2.45, 2.75) is 64.0 Å². The molecular weight excluding hydrogens is 386 g/mol. The van der Waals surface area contributed by atoms with Gasteiger partial charge in [-0.25, -0.2) is 0 Å². The second-order valence-electron chi connectivity index (χ2n) is 8.38. The maximum atomic E-state index is 6.28. The molecule has 6 nitrogen and oxygen atoms in total. The molecule has 2 aromatic heterocycles. The molecule has 3 aromatic rings. The molecule has 0 spiro atoms. The third-order valence-electron chi connectivity index (χ3n) is 6.33. The van der Waals surface area contributed by atoms with Crippen LogP contribution in [0.15, 0.2) is 28.8 Å². The van der Waals surface area contributed by atoms with Crippen LogP contribution in [-0.2, 0) is 19.5 Å². The average molecular weight is 412 g/mol. The Bertz CT molecular complexity index is 1020. The number of hydrogen-bond donors (Lipinski definition) is 0. The third kappa shape index (κ3) is 3.49. The number of aryl methyl sites for hydroxylation is 1. The topological polar surface area (TPSA) is 60.0 Å². The molecular formula is C22H26ClN5O. The zero-order valence-electron chi connectivity index (χ0n) is 16.9. The Hall–Kier alpha value is -2.18. The van der Waals surface area contributed by atoms with Crippen molar-refractivity contribution in [2.24, 2.45) is 0 Å². The van der Waals surface area contributed by atoms with Gasteiger partial charge >= 0.3 is 0 Å². The van der Waals surface area contributed by atoms with Gasteiger partial charge in [0.15, 0.2) is 5.82 Å². The Kier molecular flexibility index (Phi) is 4.92. The summed E-state index contributed by atoms with van der Waals surface area (Å²) >= 11 is 6.28. The maximum Gasteiger partial charge on any atom is 0.151 e. The van der Waals surface area contributed by atoms with Crippen LogP contribution in [0.4, 0.5) is 0 Å². The second kappa shape index (κ2) is 7.58. The Morgan fingerprint density at radius 2 is 1.86 bits per heavy atom. The molecule has 0 amide bonds. The van der Waals surface area contributed by atoms with E-state index in [4.69, 9.17) is 16.1 Å². The molecule has 29 heavy (non-hydrogen) atoms. The number of benzene rings is 1. The van der Waals surface area contributed by atoms with Crippen LogP contribution < -0.4 is 0 Å². The van der Waals surface area contributed by atoms with Crippen LogP contribution in [0, 0.1) is 0 Å². The number of hydrogen-bond acceptors (Lipinski definition) is 5. The van der Waals surface area contributed by atoms with Crippen LogP contribution >= 0.6 is 11.6 Å². The van der Waals surface area contributed by atoms with E-state index >= 15 is 0 Å². The van der Waals surface area contributed by atoms with Crippen LogP contribution in [0.3, 0.4) is 0 Å². The molecule has 0 bridgehead atoms. The van der Waals surface area contributed by atoms with E-state index in [1.54, 1.807) is 0 Å². The normalized spacial score (nSPS) is 22.2. The van der Waals surface area contributed by atoms with Crippen molar-refractivity contribution >= 4 is 11.6 Å². The van der Waals surface area contributed by atoms with Gasteiger partial charge < -0.3 is 4.52 Å². The fraction of sp³-hybridized carbons (Fsp3) is 0.500.